The maximum absolute atomic E-state index is 12.7. The summed E-state index contributed by atoms with van der Waals surface area (Å²) in [4.78, 5) is 23.0. The summed E-state index contributed by atoms with van der Waals surface area (Å²) >= 11 is 0. The van der Waals surface area contributed by atoms with Gasteiger partial charge >= 0.3 is 0 Å². The van der Waals surface area contributed by atoms with Crippen LogP contribution in [0.5, 0.6) is 0 Å². The van der Waals surface area contributed by atoms with E-state index in [0.29, 0.717) is 12.1 Å². The topological polar surface area (TPSA) is 63.9 Å². The molecule has 0 radical (unpaired) electrons. The molecule has 1 amide bonds. The second-order valence-electron chi connectivity index (χ2n) is 6.21. The Kier molecular flexibility index (Phi) is 3.72. The SMILES string of the molecule is Cn1nc(C2CCCN(C(=O)c3ccncc3)C2)c2cccnc21. The molecule has 1 saturated heterocycles. The van der Waals surface area contributed by atoms with E-state index in [-0.39, 0.29) is 11.8 Å². The molecule has 1 aliphatic heterocycles. The average molecular weight is 321 g/mol. The Hall–Kier alpha value is -2.76. The third-order valence-corrected chi connectivity index (χ3v) is 4.65. The molecule has 0 N–H and O–H groups in total. The number of carbonyl (C=O) groups is 1. The van der Waals surface area contributed by atoms with Crippen LogP contribution in [0.1, 0.15) is 34.8 Å². The van der Waals surface area contributed by atoms with Crippen molar-refractivity contribution in [3.63, 3.8) is 0 Å². The summed E-state index contributed by atoms with van der Waals surface area (Å²) in [6.07, 6.45) is 7.13. The van der Waals surface area contributed by atoms with E-state index in [1.54, 1.807) is 30.7 Å². The van der Waals surface area contributed by atoms with Crippen molar-refractivity contribution in [1.82, 2.24) is 24.6 Å². The lowest BCUT2D eigenvalue weighted by atomic mass is 9.93. The lowest BCUT2D eigenvalue weighted by Crippen LogP contribution is -2.39. The lowest BCUT2D eigenvalue weighted by molar-refractivity contribution is 0.0706. The number of rotatable bonds is 2. The summed E-state index contributed by atoms with van der Waals surface area (Å²) in [6, 6.07) is 7.54. The molecular formula is C18H19N5O. The molecular weight excluding hydrogens is 302 g/mol. The Bertz CT molecular complexity index is 874. The van der Waals surface area contributed by atoms with Crippen LogP contribution in [0.3, 0.4) is 0 Å². The normalized spacial score (nSPS) is 18.0. The number of pyridine rings is 2. The summed E-state index contributed by atoms with van der Waals surface area (Å²) in [5.41, 5.74) is 2.64. The molecule has 3 aromatic rings. The van der Waals surface area contributed by atoms with Crippen molar-refractivity contribution in [2.45, 2.75) is 18.8 Å². The standard InChI is InChI=1S/C18H19N5O/c1-22-17-15(5-2-8-20-17)16(21-22)14-4-3-11-23(12-14)18(24)13-6-9-19-10-7-13/h2,5-10,14H,3-4,11-12H2,1H3. The molecule has 24 heavy (non-hydrogen) atoms. The van der Waals surface area contributed by atoms with Gasteiger partial charge in [-0.25, -0.2) is 4.98 Å². The van der Waals surface area contributed by atoms with Gasteiger partial charge in [0.25, 0.3) is 5.91 Å². The van der Waals surface area contributed by atoms with Gasteiger partial charge in [0, 0.05) is 55.6 Å². The monoisotopic (exact) mass is 321 g/mol. The van der Waals surface area contributed by atoms with Gasteiger partial charge in [-0.3, -0.25) is 14.5 Å². The fourth-order valence-corrected chi connectivity index (χ4v) is 3.48. The minimum Gasteiger partial charge on any atom is -0.338 e. The van der Waals surface area contributed by atoms with E-state index in [0.717, 1.165) is 36.1 Å². The van der Waals surface area contributed by atoms with Crippen molar-refractivity contribution >= 4 is 16.9 Å². The van der Waals surface area contributed by atoms with Gasteiger partial charge in [0.05, 0.1) is 5.69 Å². The first-order valence-electron chi connectivity index (χ1n) is 8.21. The Morgan fingerprint density at radius 2 is 2.04 bits per heavy atom. The molecule has 3 aromatic heterocycles. The summed E-state index contributed by atoms with van der Waals surface area (Å²) in [5, 5.41) is 5.77. The highest BCUT2D eigenvalue weighted by molar-refractivity contribution is 5.94. The smallest absolute Gasteiger partial charge is 0.253 e. The average Bonchev–Trinajstić information content (AvgIpc) is 2.99. The van der Waals surface area contributed by atoms with Gasteiger partial charge < -0.3 is 4.90 Å². The first-order chi connectivity index (χ1) is 11.7. The molecule has 0 saturated carbocycles. The number of piperidine rings is 1. The zero-order valence-corrected chi connectivity index (χ0v) is 13.6. The number of aromatic nitrogens is 4. The zero-order valence-electron chi connectivity index (χ0n) is 13.6. The van der Waals surface area contributed by atoms with Crippen LogP contribution in [0.4, 0.5) is 0 Å². The highest BCUT2D eigenvalue weighted by Gasteiger charge is 2.28. The first kappa shape index (κ1) is 14.8. The van der Waals surface area contributed by atoms with E-state index in [2.05, 4.69) is 21.1 Å². The van der Waals surface area contributed by atoms with Gasteiger partial charge in [0.15, 0.2) is 5.65 Å². The first-order valence-corrected chi connectivity index (χ1v) is 8.21. The van der Waals surface area contributed by atoms with E-state index in [9.17, 15) is 4.79 Å². The predicted octanol–water partition coefficient (Wildman–Crippen LogP) is 2.38. The van der Waals surface area contributed by atoms with E-state index >= 15 is 0 Å². The number of carbonyl (C=O) groups excluding carboxylic acids is 1. The van der Waals surface area contributed by atoms with Crippen LogP contribution in [0.25, 0.3) is 11.0 Å². The van der Waals surface area contributed by atoms with E-state index < -0.39 is 0 Å². The number of hydrogen-bond donors (Lipinski definition) is 0. The number of fused-ring (bicyclic) bond motifs is 1. The highest BCUT2D eigenvalue weighted by atomic mass is 16.2. The second kappa shape index (κ2) is 6.03. The number of amides is 1. The third kappa shape index (κ3) is 2.54. The van der Waals surface area contributed by atoms with Crippen LogP contribution in [-0.4, -0.2) is 43.6 Å². The predicted molar refractivity (Wildman–Crippen MR) is 90.6 cm³/mol. The van der Waals surface area contributed by atoms with Crippen molar-refractivity contribution in [1.29, 1.82) is 0 Å². The number of nitrogens with zero attached hydrogens (tertiary/aromatic N) is 5. The van der Waals surface area contributed by atoms with Crippen LogP contribution in [0.2, 0.25) is 0 Å². The Morgan fingerprint density at radius 3 is 2.88 bits per heavy atom. The number of likely N-dealkylation sites (tertiary alicyclic amines) is 1. The molecule has 1 fully saturated rings. The molecule has 1 atom stereocenters. The van der Waals surface area contributed by atoms with Crippen LogP contribution in [-0.2, 0) is 7.05 Å². The van der Waals surface area contributed by atoms with E-state index in [1.807, 2.05) is 22.7 Å². The molecule has 4 rings (SSSR count). The van der Waals surface area contributed by atoms with Crippen molar-refractivity contribution in [3.05, 3.63) is 54.1 Å². The fraction of sp³-hybridized carbons (Fsp3) is 0.333. The van der Waals surface area contributed by atoms with Crippen molar-refractivity contribution in [2.75, 3.05) is 13.1 Å². The zero-order chi connectivity index (χ0) is 16.5. The van der Waals surface area contributed by atoms with Crippen LogP contribution < -0.4 is 0 Å². The Labute approximate surface area is 140 Å². The molecule has 0 aromatic carbocycles. The molecule has 6 heteroatoms. The molecule has 0 spiro atoms. The minimum atomic E-state index is 0.0699. The maximum Gasteiger partial charge on any atom is 0.253 e. The Morgan fingerprint density at radius 1 is 1.21 bits per heavy atom. The molecule has 0 bridgehead atoms. The van der Waals surface area contributed by atoms with Crippen molar-refractivity contribution < 1.29 is 4.79 Å². The van der Waals surface area contributed by atoms with Gasteiger partial charge in [-0.15, -0.1) is 0 Å². The molecule has 1 aliphatic rings. The molecule has 6 nitrogen and oxygen atoms in total. The van der Waals surface area contributed by atoms with Gasteiger partial charge in [-0.05, 0) is 37.1 Å². The molecule has 4 heterocycles. The quantitative estimate of drug-likeness (QED) is 0.727. The van der Waals surface area contributed by atoms with Crippen molar-refractivity contribution in [3.8, 4) is 0 Å². The number of aryl methyl sites for hydroxylation is 1. The van der Waals surface area contributed by atoms with Crippen LogP contribution in [0.15, 0.2) is 42.9 Å². The third-order valence-electron chi connectivity index (χ3n) is 4.65. The van der Waals surface area contributed by atoms with Gasteiger partial charge in [0.1, 0.15) is 0 Å². The van der Waals surface area contributed by atoms with E-state index in [1.165, 1.54) is 0 Å². The molecule has 1 unspecified atom stereocenters. The largest absolute Gasteiger partial charge is 0.338 e. The van der Waals surface area contributed by atoms with Crippen LogP contribution >= 0.6 is 0 Å². The van der Waals surface area contributed by atoms with Gasteiger partial charge in [-0.2, -0.15) is 5.10 Å². The molecule has 122 valence electrons. The summed E-state index contributed by atoms with van der Waals surface area (Å²) < 4.78 is 1.83. The van der Waals surface area contributed by atoms with E-state index in [4.69, 9.17) is 0 Å². The Balaban J connectivity index is 1.62. The second-order valence-corrected chi connectivity index (χ2v) is 6.21. The van der Waals surface area contributed by atoms with Crippen LogP contribution in [0, 0.1) is 0 Å². The summed E-state index contributed by atoms with van der Waals surface area (Å²) in [6.45, 7) is 1.49. The van der Waals surface area contributed by atoms with Gasteiger partial charge in [0.2, 0.25) is 0 Å². The highest BCUT2D eigenvalue weighted by Crippen LogP contribution is 2.31. The van der Waals surface area contributed by atoms with Crippen molar-refractivity contribution in [2.24, 2.45) is 7.05 Å². The minimum absolute atomic E-state index is 0.0699. The van der Waals surface area contributed by atoms with Gasteiger partial charge in [-0.1, -0.05) is 0 Å². The maximum atomic E-state index is 12.7. The fourth-order valence-electron chi connectivity index (χ4n) is 3.48. The number of hydrogen-bond acceptors (Lipinski definition) is 4. The summed E-state index contributed by atoms with van der Waals surface area (Å²) in [7, 11) is 1.92. The summed E-state index contributed by atoms with van der Waals surface area (Å²) in [5.74, 6) is 0.317. The molecule has 0 aliphatic carbocycles. The lowest BCUT2D eigenvalue weighted by Gasteiger charge is -2.32.